The average molecular weight is 678 g/mol. The number of nitrogens with zero attached hydrogens (tertiary/aromatic N) is 2. The van der Waals surface area contributed by atoms with E-state index >= 15 is 8.78 Å². The van der Waals surface area contributed by atoms with Gasteiger partial charge in [-0.3, -0.25) is 14.4 Å². The molecular weight excluding hydrogens is 640 g/mol. The zero-order valence-electron chi connectivity index (χ0n) is 27.4. The normalized spacial score (nSPS) is 13.0. The standard InChI is InChI=1S/C35H37F6N3O4/c1-8-21-14-24(30-19(4)12-23(36)13-20(30)5)33(38)31(32(21)37)26(16-29(46)47)42-34(48)27(11-18(2)3)44-17-22(9-10-43(6)7)25(15-28(44)45)35(39,40)41/h1,12-15,17-18,26-27H,9-11,16H2,2-7H3,(H,42,48)(H,46,47)/t26-,27-/m0/s1. The van der Waals surface area contributed by atoms with E-state index in [1.807, 2.05) is 0 Å². The van der Waals surface area contributed by atoms with Gasteiger partial charge in [0.2, 0.25) is 5.91 Å². The van der Waals surface area contributed by atoms with Crippen LogP contribution < -0.4 is 10.9 Å². The minimum absolute atomic E-state index is 0.0986. The van der Waals surface area contributed by atoms with Gasteiger partial charge in [0.25, 0.3) is 5.56 Å². The van der Waals surface area contributed by atoms with Gasteiger partial charge in [0, 0.05) is 29.9 Å². The number of hydrogen-bond acceptors (Lipinski definition) is 4. The summed E-state index contributed by atoms with van der Waals surface area (Å²) in [5, 5.41) is 12.1. The van der Waals surface area contributed by atoms with E-state index in [1.165, 1.54) is 13.8 Å². The molecule has 258 valence electrons. The second-order valence-corrected chi connectivity index (χ2v) is 12.4. The van der Waals surface area contributed by atoms with E-state index in [1.54, 1.807) is 32.8 Å². The summed E-state index contributed by atoms with van der Waals surface area (Å²) in [6.07, 6.45) is 0.353. The summed E-state index contributed by atoms with van der Waals surface area (Å²) in [7, 11) is 3.30. The number of alkyl halides is 3. The minimum Gasteiger partial charge on any atom is -0.481 e. The molecule has 0 radical (unpaired) electrons. The monoisotopic (exact) mass is 677 g/mol. The molecule has 3 rings (SSSR count). The largest absolute Gasteiger partial charge is 0.481 e. The zero-order valence-corrected chi connectivity index (χ0v) is 27.4. The molecule has 0 unspecified atom stereocenters. The number of carbonyl (C=O) groups excluding carboxylic acids is 1. The Balaban J connectivity index is 2.24. The number of aliphatic carboxylic acids is 1. The SMILES string of the molecule is C#Cc1cc(-c2c(C)cc(F)cc2C)c(F)c([C@H](CC(=O)O)NC(=O)[C@H](CC(C)C)n2cc(CCN(C)C)c(C(F)(F)F)cc2=O)c1F. The molecule has 0 aliphatic rings. The summed E-state index contributed by atoms with van der Waals surface area (Å²) in [5.74, 6) is -4.02. The molecular formula is C35H37F6N3O4. The molecule has 1 aromatic heterocycles. The van der Waals surface area contributed by atoms with Crippen molar-refractivity contribution in [3.63, 3.8) is 0 Å². The highest BCUT2D eigenvalue weighted by Crippen LogP contribution is 2.37. The number of carbonyl (C=O) groups is 2. The third kappa shape index (κ3) is 8.66. The van der Waals surface area contributed by atoms with Gasteiger partial charge >= 0.3 is 12.1 Å². The minimum atomic E-state index is -4.86. The number of carboxylic acids is 1. The second-order valence-electron chi connectivity index (χ2n) is 12.4. The number of likely N-dealkylation sites (N-methyl/N-ethyl adjacent to an activating group) is 1. The number of carboxylic acid groups (broad SMARTS) is 1. The van der Waals surface area contributed by atoms with Gasteiger partial charge < -0.3 is 19.9 Å². The molecule has 0 saturated heterocycles. The van der Waals surface area contributed by atoms with Crippen LogP contribution in [0.1, 0.15) is 72.2 Å². The van der Waals surface area contributed by atoms with Crippen LogP contribution >= 0.6 is 0 Å². The Bertz CT molecular complexity index is 1780. The predicted octanol–water partition coefficient (Wildman–Crippen LogP) is 6.57. The van der Waals surface area contributed by atoms with Gasteiger partial charge in [-0.25, -0.2) is 13.2 Å². The lowest BCUT2D eigenvalue weighted by Gasteiger charge is -2.27. The van der Waals surface area contributed by atoms with Crippen molar-refractivity contribution in [3.05, 3.63) is 91.6 Å². The van der Waals surface area contributed by atoms with E-state index in [9.17, 15) is 37.1 Å². The van der Waals surface area contributed by atoms with Crippen molar-refractivity contribution in [3.8, 4) is 23.5 Å². The van der Waals surface area contributed by atoms with Crippen LogP contribution in [0.5, 0.6) is 0 Å². The van der Waals surface area contributed by atoms with Crippen molar-refractivity contribution in [1.29, 1.82) is 0 Å². The Morgan fingerprint density at radius 1 is 1.04 bits per heavy atom. The van der Waals surface area contributed by atoms with E-state index in [0.717, 1.165) is 29.0 Å². The van der Waals surface area contributed by atoms with Crippen LogP contribution in [-0.4, -0.2) is 47.1 Å². The molecule has 0 fully saturated rings. The maximum atomic E-state index is 16.4. The van der Waals surface area contributed by atoms with Crippen molar-refractivity contribution in [2.24, 2.45) is 5.92 Å². The highest BCUT2D eigenvalue weighted by atomic mass is 19.4. The Labute approximate surface area is 274 Å². The Hall–Kier alpha value is -4.57. The van der Waals surface area contributed by atoms with Crippen LogP contribution in [-0.2, 0) is 22.2 Å². The predicted molar refractivity (Wildman–Crippen MR) is 169 cm³/mol. The fourth-order valence-corrected chi connectivity index (χ4v) is 5.69. The third-order valence-electron chi connectivity index (χ3n) is 7.83. The molecule has 2 N–H and O–H groups in total. The van der Waals surface area contributed by atoms with E-state index in [2.05, 4.69) is 11.2 Å². The Morgan fingerprint density at radius 3 is 2.15 bits per heavy atom. The van der Waals surface area contributed by atoms with Gasteiger partial charge in [0.15, 0.2) is 0 Å². The summed E-state index contributed by atoms with van der Waals surface area (Å²) >= 11 is 0. The van der Waals surface area contributed by atoms with Crippen LogP contribution in [0.15, 0.2) is 35.3 Å². The number of benzene rings is 2. The topological polar surface area (TPSA) is 91.6 Å². The van der Waals surface area contributed by atoms with E-state index in [0.29, 0.717) is 6.07 Å². The van der Waals surface area contributed by atoms with Crippen molar-refractivity contribution >= 4 is 11.9 Å². The smallest absolute Gasteiger partial charge is 0.416 e. The summed E-state index contributed by atoms with van der Waals surface area (Å²) in [4.78, 5) is 40.7. The number of rotatable bonds is 12. The first-order chi connectivity index (χ1) is 22.3. The summed E-state index contributed by atoms with van der Waals surface area (Å²) < 4.78 is 88.8. The number of aromatic nitrogens is 1. The van der Waals surface area contributed by atoms with Gasteiger partial charge in [-0.2, -0.15) is 13.2 Å². The van der Waals surface area contributed by atoms with Gasteiger partial charge in [-0.05, 0) is 87.2 Å². The summed E-state index contributed by atoms with van der Waals surface area (Å²) in [5.41, 5.74) is -3.45. The maximum Gasteiger partial charge on any atom is 0.416 e. The molecule has 48 heavy (non-hydrogen) atoms. The van der Waals surface area contributed by atoms with E-state index < -0.39 is 76.3 Å². The number of amides is 1. The van der Waals surface area contributed by atoms with Crippen molar-refractivity contribution < 1.29 is 41.0 Å². The molecule has 0 saturated carbocycles. The quantitative estimate of drug-likeness (QED) is 0.167. The number of terminal acetylenes is 1. The summed E-state index contributed by atoms with van der Waals surface area (Å²) in [6, 6.07) is 0.313. The molecule has 2 atom stereocenters. The lowest BCUT2D eigenvalue weighted by molar-refractivity contribution is -0.139. The van der Waals surface area contributed by atoms with Crippen LogP contribution in [0.3, 0.4) is 0 Å². The molecule has 7 nitrogen and oxygen atoms in total. The van der Waals surface area contributed by atoms with Crippen molar-refractivity contribution in [2.75, 3.05) is 20.6 Å². The molecule has 0 bridgehead atoms. The van der Waals surface area contributed by atoms with Gasteiger partial charge in [-0.15, -0.1) is 6.42 Å². The Kier molecular flexibility index (Phi) is 11.9. The van der Waals surface area contributed by atoms with Crippen LogP contribution in [0.2, 0.25) is 0 Å². The first-order valence-electron chi connectivity index (χ1n) is 15.0. The highest BCUT2D eigenvalue weighted by molar-refractivity contribution is 5.82. The molecule has 0 spiro atoms. The third-order valence-corrected chi connectivity index (χ3v) is 7.83. The van der Waals surface area contributed by atoms with E-state index in [4.69, 9.17) is 6.42 Å². The van der Waals surface area contributed by atoms with Crippen molar-refractivity contribution in [1.82, 2.24) is 14.8 Å². The lowest BCUT2D eigenvalue weighted by Crippen LogP contribution is -2.41. The second kappa shape index (κ2) is 15.1. The Morgan fingerprint density at radius 2 is 1.65 bits per heavy atom. The van der Waals surface area contributed by atoms with Gasteiger partial charge in [-0.1, -0.05) is 19.8 Å². The zero-order chi connectivity index (χ0) is 36.2. The average Bonchev–Trinajstić information content (AvgIpc) is 2.94. The number of nitrogens with one attached hydrogen (secondary N) is 1. The van der Waals surface area contributed by atoms with E-state index in [-0.39, 0.29) is 53.1 Å². The molecule has 0 aliphatic carbocycles. The number of aryl methyl sites for hydroxylation is 2. The molecule has 3 aromatic rings. The highest BCUT2D eigenvalue weighted by Gasteiger charge is 2.36. The first-order valence-corrected chi connectivity index (χ1v) is 15.0. The van der Waals surface area contributed by atoms with Gasteiger partial charge in [0.1, 0.15) is 23.5 Å². The molecule has 1 heterocycles. The number of halogens is 6. The molecule has 0 aliphatic heterocycles. The fourth-order valence-electron chi connectivity index (χ4n) is 5.69. The molecule has 1 amide bonds. The first kappa shape index (κ1) is 37.9. The number of pyridine rings is 1. The fraction of sp³-hybridized carbons (Fsp3) is 0.400. The molecule has 13 heteroatoms. The van der Waals surface area contributed by atoms with Crippen molar-refractivity contribution in [2.45, 2.75) is 65.2 Å². The van der Waals surface area contributed by atoms with Gasteiger partial charge in [0.05, 0.1) is 23.6 Å². The van der Waals surface area contributed by atoms with Crippen LogP contribution in [0, 0.1) is 49.6 Å². The maximum absolute atomic E-state index is 16.4. The number of hydrogen-bond donors (Lipinski definition) is 2. The lowest BCUT2D eigenvalue weighted by atomic mass is 9.89. The summed E-state index contributed by atoms with van der Waals surface area (Å²) in [6.45, 7) is 6.54. The van der Waals surface area contributed by atoms with Crippen LogP contribution in [0.4, 0.5) is 26.3 Å². The van der Waals surface area contributed by atoms with Crippen LogP contribution in [0.25, 0.3) is 11.1 Å². The molecule has 2 aromatic carbocycles.